The molecule has 5 aliphatic rings. The zero-order chi connectivity index (χ0) is 19.0. The first kappa shape index (κ1) is 17.4. The normalized spacial score (nSPS) is 39.5. The molecule has 6 nitrogen and oxygen atoms in total. The van der Waals surface area contributed by atoms with Crippen molar-refractivity contribution in [3.63, 3.8) is 0 Å². The molecule has 146 valence electrons. The number of rotatable bonds is 2. The lowest BCUT2D eigenvalue weighted by Crippen LogP contribution is -2.64. The van der Waals surface area contributed by atoms with Crippen molar-refractivity contribution in [1.29, 1.82) is 0 Å². The third-order valence-corrected chi connectivity index (χ3v) is 7.84. The average Bonchev–Trinajstić information content (AvgIpc) is 2.58. The van der Waals surface area contributed by atoms with E-state index in [1.165, 1.54) is 6.42 Å². The molecule has 4 saturated carbocycles. The summed E-state index contributed by atoms with van der Waals surface area (Å²) in [6, 6.07) is 0. The molecule has 4 aliphatic carbocycles. The van der Waals surface area contributed by atoms with Crippen molar-refractivity contribution >= 4 is 5.91 Å². The Labute approximate surface area is 159 Å². The monoisotopic (exact) mass is 371 g/mol. The van der Waals surface area contributed by atoms with Gasteiger partial charge in [0.25, 0.3) is 5.56 Å². The van der Waals surface area contributed by atoms with Crippen LogP contribution >= 0.6 is 0 Å². The molecule has 2 heterocycles. The second-order valence-electron chi connectivity index (χ2n) is 9.92. The van der Waals surface area contributed by atoms with Gasteiger partial charge in [0.15, 0.2) is 0 Å². The molecule has 4 atom stereocenters. The number of aryl methyl sites for hydroxylation is 1. The van der Waals surface area contributed by atoms with Crippen molar-refractivity contribution in [2.75, 3.05) is 6.54 Å². The van der Waals surface area contributed by atoms with Crippen LogP contribution in [-0.2, 0) is 17.8 Å². The van der Waals surface area contributed by atoms with Gasteiger partial charge in [0.05, 0.1) is 23.3 Å². The number of H-pyrrole nitrogens is 1. The highest BCUT2D eigenvalue weighted by Gasteiger charge is 2.65. The molecular weight excluding hydrogens is 342 g/mol. The van der Waals surface area contributed by atoms with Crippen LogP contribution < -0.4 is 5.56 Å². The minimum Gasteiger partial charge on any atom is -0.390 e. The van der Waals surface area contributed by atoms with Crippen molar-refractivity contribution in [2.24, 2.45) is 16.7 Å². The van der Waals surface area contributed by atoms with Crippen molar-refractivity contribution in [3.05, 3.63) is 27.4 Å². The largest absolute Gasteiger partial charge is 0.390 e. The fraction of sp³-hybridized carbons (Fsp3) is 0.762. The number of aliphatic hydroxyl groups is 1. The maximum Gasteiger partial charge on any atom is 0.254 e. The van der Waals surface area contributed by atoms with E-state index in [1.807, 2.05) is 4.90 Å². The fourth-order valence-electron chi connectivity index (χ4n) is 7.29. The van der Waals surface area contributed by atoms with Gasteiger partial charge in [-0.3, -0.25) is 9.59 Å². The van der Waals surface area contributed by atoms with Gasteiger partial charge in [0.2, 0.25) is 5.91 Å². The molecule has 6 heteroatoms. The molecule has 1 amide bonds. The summed E-state index contributed by atoms with van der Waals surface area (Å²) >= 11 is 0. The van der Waals surface area contributed by atoms with Crippen LogP contribution in [0.2, 0.25) is 0 Å². The first-order chi connectivity index (χ1) is 12.8. The second-order valence-corrected chi connectivity index (χ2v) is 9.92. The number of hydrogen-bond acceptors (Lipinski definition) is 4. The van der Waals surface area contributed by atoms with Gasteiger partial charge < -0.3 is 15.0 Å². The molecule has 1 aromatic heterocycles. The van der Waals surface area contributed by atoms with Gasteiger partial charge in [-0.15, -0.1) is 0 Å². The number of fused-ring (bicyclic) bond motifs is 1. The lowest BCUT2D eigenvalue weighted by atomic mass is 9.42. The van der Waals surface area contributed by atoms with Crippen LogP contribution in [0.3, 0.4) is 0 Å². The zero-order valence-electron chi connectivity index (χ0n) is 16.3. The van der Waals surface area contributed by atoms with Gasteiger partial charge in [0.1, 0.15) is 5.82 Å². The van der Waals surface area contributed by atoms with Crippen molar-refractivity contribution < 1.29 is 9.90 Å². The summed E-state index contributed by atoms with van der Waals surface area (Å²) < 4.78 is 0. The third kappa shape index (κ3) is 2.52. The maximum absolute atomic E-state index is 13.7. The molecule has 0 unspecified atom stereocenters. The van der Waals surface area contributed by atoms with Crippen LogP contribution in [0.1, 0.15) is 69.0 Å². The SMILES string of the molecule is CC[C@]12C[C@H]3C[C@@](O)(C1)C[C@@](C(=O)N1CCc4c(nc(C)[nH]c4=O)C1)(C3)C2. The van der Waals surface area contributed by atoms with Gasteiger partial charge in [-0.25, -0.2) is 4.98 Å². The first-order valence-electron chi connectivity index (χ1n) is 10.4. The molecule has 0 aromatic carbocycles. The number of nitrogens with zero attached hydrogens (tertiary/aromatic N) is 2. The minimum atomic E-state index is -0.662. The summed E-state index contributed by atoms with van der Waals surface area (Å²) in [5, 5.41) is 11.2. The van der Waals surface area contributed by atoms with E-state index in [4.69, 9.17) is 0 Å². The summed E-state index contributed by atoms with van der Waals surface area (Å²) in [5.74, 6) is 1.26. The Morgan fingerprint density at radius 3 is 2.85 bits per heavy atom. The van der Waals surface area contributed by atoms with E-state index in [9.17, 15) is 14.7 Å². The average molecular weight is 371 g/mol. The van der Waals surface area contributed by atoms with E-state index in [-0.39, 0.29) is 16.9 Å². The first-order valence-corrected chi connectivity index (χ1v) is 10.4. The molecule has 2 N–H and O–H groups in total. The summed E-state index contributed by atoms with van der Waals surface area (Å²) in [6.07, 6.45) is 6.94. The van der Waals surface area contributed by atoms with E-state index >= 15 is 0 Å². The van der Waals surface area contributed by atoms with Crippen LogP contribution in [0, 0.1) is 23.7 Å². The molecule has 1 aliphatic heterocycles. The predicted octanol–water partition coefficient (Wildman–Crippen LogP) is 2.07. The highest BCUT2D eigenvalue weighted by molar-refractivity contribution is 5.84. The van der Waals surface area contributed by atoms with Gasteiger partial charge in [-0.1, -0.05) is 13.3 Å². The molecule has 27 heavy (non-hydrogen) atoms. The lowest BCUT2D eigenvalue weighted by Gasteiger charge is -2.65. The van der Waals surface area contributed by atoms with Crippen molar-refractivity contribution in [2.45, 2.75) is 77.4 Å². The Hall–Kier alpha value is -1.69. The minimum absolute atomic E-state index is 0.0707. The maximum atomic E-state index is 13.7. The quantitative estimate of drug-likeness (QED) is 0.833. The second kappa shape index (κ2) is 5.43. The highest BCUT2D eigenvalue weighted by Crippen LogP contribution is 2.68. The molecule has 4 bridgehead atoms. The molecule has 0 saturated heterocycles. The Morgan fingerprint density at radius 1 is 1.30 bits per heavy atom. The van der Waals surface area contributed by atoms with E-state index in [1.54, 1.807) is 6.92 Å². The summed E-state index contributed by atoms with van der Waals surface area (Å²) in [5.41, 5.74) is 0.439. The van der Waals surface area contributed by atoms with Gasteiger partial charge in [-0.2, -0.15) is 0 Å². The van der Waals surface area contributed by atoms with Crippen LogP contribution in [0.5, 0.6) is 0 Å². The number of aromatic nitrogens is 2. The Bertz CT molecular complexity index is 880. The summed E-state index contributed by atoms with van der Waals surface area (Å²) in [7, 11) is 0. The number of aromatic amines is 1. The molecule has 1 aromatic rings. The number of amides is 1. The molecule has 0 radical (unpaired) electrons. The Morgan fingerprint density at radius 2 is 2.11 bits per heavy atom. The number of carbonyl (C=O) groups excluding carboxylic acids is 1. The van der Waals surface area contributed by atoms with Crippen molar-refractivity contribution in [1.82, 2.24) is 14.9 Å². The Kier molecular flexibility index (Phi) is 3.50. The van der Waals surface area contributed by atoms with Crippen LogP contribution in [0.4, 0.5) is 0 Å². The molecular formula is C21H29N3O3. The number of carbonyl (C=O) groups is 1. The van der Waals surface area contributed by atoms with Crippen LogP contribution in [0.15, 0.2) is 4.79 Å². The third-order valence-electron chi connectivity index (χ3n) is 7.84. The van der Waals surface area contributed by atoms with E-state index in [0.717, 1.165) is 43.4 Å². The smallest absolute Gasteiger partial charge is 0.254 e. The topological polar surface area (TPSA) is 86.3 Å². The predicted molar refractivity (Wildman–Crippen MR) is 100 cm³/mol. The fourth-order valence-corrected chi connectivity index (χ4v) is 7.29. The van der Waals surface area contributed by atoms with E-state index in [0.29, 0.717) is 37.7 Å². The molecule has 4 fully saturated rings. The zero-order valence-corrected chi connectivity index (χ0v) is 16.3. The summed E-state index contributed by atoms with van der Waals surface area (Å²) in [6.45, 7) is 4.99. The van der Waals surface area contributed by atoms with Gasteiger partial charge in [0, 0.05) is 12.1 Å². The number of hydrogen-bond donors (Lipinski definition) is 2. The summed E-state index contributed by atoms with van der Waals surface area (Å²) in [4.78, 5) is 35.1. The van der Waals surface area contributed by atoms with Gasteiger partial charge >= 0.3 is 0 Å². The Balaban J connectivity index is 1.47. The van der Waals surface area contributed by atoms with Crippen LogP contribution in [-0.4, -0.2) is 38.0 Å². The number of nitrogens with one attached hydrogen (secondary N) is 1. The van der Waals surface area contributed by atoms with E-state index in [2.05, 4.69) is 16.9 Å². The highest BCUT2D eigenvalue weighted by atomic mass is 16.3. The van der Waals surface area contributed by atoms with Crippen molar-refractivity contribution in [3.8, 4) is 0 Å². The van der Waals surface area contributed by atoms with E-state index < -0.39 is 11.0 Å². The lowest BCUT2D eigenvalue weighted by molar-refractivity contribution is -0.210. The standard InChI is InChI=1S/C21H29N3O3/c1-3-19-6-14-7-20(10-19,12-21(27,8-14)11-19)18(26)24-5-4-15-16(9-24)22-13(2)23-17(15)25/h14,27H,3-12H2,1-2H3,(H,22,23,25)/t14-,19-,20-,21-/m1/s1. The van der Waals surface area contributed by atoms with Gasteiger partial charge in [-0.05, 0) is 63.2 Å². The van der Waals surface area contributed by atoms with Crippen LogP contribution in [0.25, 0.3) is 0 Å². The molecule has 0 spiro atoms. The molecule has 6 rings (SSSR count).